The number of para-hydroxylation sites is 1. The maximum absolute atomic E-state index is 6.58. The molecule has 60 heavy (non-hydrogen) atoms. The Kier molecular flexibility index (Phi) is 7.87. The summed E-state index contributed by atoms with van der Waals surface area (Å²) in [7, 11) is 0. The van der Waals surface area contributed by atoms with Crippen LogP contribution in [-0.2, 0) is 16.2 Å². The minimum absolute atomic E-state index is 0.0335. The Labute approximate surface area is 355 Å². The predicted octanol–water partition coefficient (Wildman–Crippen LogP) is 13.6. The van der Waals surface area contributed by atoms with E-state index in [2.05, 4.69) is 206 Å². The second-order valence-corrected chi connectivity index (χ2v) is 20.2. The lowest BCUT2D eigenvalue weighted by Crippen LogP contribution is -2.62. The Balaban J connectivity index is 1.28. The summed E-state index contributed by atoms with van der Waals surface area (Å²) in [6.07, 6.45) is 2.33. The first-order chi connectivity index (χ1) is 28.7. The van der Waals surface area contributed by atoms with Crippen molar-refractivity contribution in [1.29, 1.82) is 0 Å². The van der Waals surface area contributed by atoms with E-state index in [4.69, 9.17) is 4.42 Å². The van der Waals surface area contributed by atoms with Gasteiger partial charge in [-0.05, 0) is 147 Å². The molecular formula is C56H53BN2O. The highest BCUT2D eigenvalue weighted by Gasteiger charge is 2.47. The zero-order valence-electron chi connectivity index (χ0n) is 36.5. The summed E-state index contributed by atoms with van der Waals surface area (Å²) in [5.41, 5.74) is 22.6. The lowest BCUT2D eigenvalue weighted by molar-refractivity contribution is 0.332. The normalized spacial score (nSPS) is 16.1. The van der Waals surface area contributed by atoms with Crippen molar-refractivity contribution in [2.75, 3.05) is 9.80 Å². The van der Waals surface area contributed by atoms with Gasteiger partial charge >= 0.3 is 0 Å². The Morgan fingerprint density at radius 1 is 0.533 bits per heavy atom. The van der Waals surface area contributed by atoms with Crippen LogP contribution in [-0.4, -0.2) is 6.71 Å². The van der Waals surface area contributed by atoms with Crippen molar-refractivity contribution in [1.82, 2.24) is 0 Å². The van der Waals surface area contributed by atoms with E-state index in [-0.39, 0.29) is 23.0 Å². The molecule has 11 rings (SSSR count). The monoisotopic (exact) mass is 780 g/mol. The van der Waals surface area contributed by atoms with Gasteiger partial charge in [0.2, 0.25) is 0 Å². The molecule has 0 saturated carbocycles. The first kappa shape index (κ1) is 37.0. The van der Waals surface area contributed by atoms with E-state index in [1.165, 1.54) is 96.6 Å². The average molecular weight is 781 g/mol. The SMILES string of the molecule is Cc1cc2c3c(c1)N(c1cccc4oc5ccccc5c14)c1cc(C(C)(C)C)ccc1B3c1cc3c(cc1N2c1cc(-c2ccccc2)ccc1C)C(C)(C)CCC3(C)C. The molecule has 3 heterocycles. The number of fused-ring (bicyclic) bond motifs is 8. The fourth-order valence-electron chi connectivity index (χ4n) is 10.8. The van der Waals surface area contributed by atoms with Gasteiger partial charge in [-0.25, -0.2) is 0 Å². The summed E-state index contributed by atoms with van der Waals surface area (Å²) >= 11 is 0. The van der Waals surface area contributed by atoms with Crippen LogP contribution in [0.4, 0.5) is 34.1 Å². The van der Waals surface area contributed by atoms with Gasteiger partial charge in [-0.2, -0.15) is 0 Å². The van der Waals surface area contributed by atoms with Crippen molar-refractivity contribution in [3.05, 3.63) is 161 Å². The molecule has 0 N–H and O–H groups in total. The summed E-state index contributed by atoms with van der Waals surface area (Å²) in [4.78, 5) is 5.22. The molecule has 3 aliphatic rings. The molecule has 1 aliphatic carbocycles. The zero-order valence-corrected chi connectivity index (χ0v) is 36.5. The molecule has 0 amide bonds. The van der Waals surface area contributed by atoms with Crippen LogP contribution in [0.1, 0.15) is 89.1 Å². The topological polar surface area (TPSA) is 19.6 Å². The molecule has 0 saturated heterocycles. The van der Waals surface area contributed by atoms with Gasteiger partial charge in [0.1, 0.15) is 11.2 Å². The van der Waals surface area contributed by atoms with Crippen molar-refractivity contribution in [3.63, 3.8) is 0 Å². The predicted molar refractivity (Wildman–Crippen MR) is 257 cm³/mol. The third kappa shape index (κ3) is 5.42. The van der Waals surface area contributed by atoms with Gasteiger partial charge in [-0.15, -0.1) is 0 Å². The molecule has 0 atom stereocenters. The third-order valence-corrected chi connectivity index (χ3v) is 14.2. The van der Waals surface area contributed by atoms with E-state index in [1.807, 2.05) is 0 Å². The Morgan fingerprint density at radius 2 is 1.18 bits per heavy atom. The van der Waals surface area contributed by atoms with Gasteiger partial charge in [0.05, 0.1) is 11.1 Å². The van der Waals surface area contributed by atoms with Crippen LogP contribution in [0.5, 0.6) is 0 Å². The first-order valence-electron chi connectivity index (χ1n) is 21.8. The van der Waals surface area contributed by atoms with E-state index >= 15 is 0 Å². The lowest BCUT2D eigenvalue weighted by atomic mass is 9.33. The molecule has 3 nitrogen and oxygen atoms in total. The van der Waals surface area contributed by atoms with Gasteiger partial charge in [0, 0.05) is 33.8 Å². The molecule has 4 heteroatoms. The standard InChI is InChI=1S/C56H53BN2O/c1-34-28-48-53-49(29-34)59(45-30-37(23-22-35(45)2)36-16-11-10-12-17-36)47-33-41-40(55(6,7)26-27-56(41,8)9)32-43(47)57(53)42-25-24-38(54(3,4)5)31-46(42)58(48)44-19-15-21-51-52(44)39-18-13-14-20-50(39)60-51/h10-25,28-33H,26-27H2,1-9H3. The van der Waals surface area contributed by atoms with E-state index in [9.17, 15) is 0 Å². The molecule has 0 fully saturated rings. The maximum Gasteiger partial charge on any atom is 0.252 e. The minimum Gasteiger partial charge on any atom is -0.456 e. The molecule has 0 bridgehead atoms. The zero-order chi connectivity index (χ0) is 41.5. The van der Waals surface area contributed by atoms with Crippen LogP contribution in [0.15, 0.2) is 138 Å². The second kappa shape index (κ2) is 12.8. The number of nitrogens with zero attached hydrogens (tertiary/aromatic N) is 2. The van der Waals surface area contributed by atoms with Gasteiger partial charge in [-0.3, -0.25) is 0 Å². The lowest BCUT2D eigenvalue weighted by Gasteiger charge is -2.48. The molecular weight excluding hydrogens is 727 g/mol. The molecule has 1 aromatic heterocycles. The minimum atomic E-state index is -0.0374. The van der Waals surface area contributed by atoms with E-state index < -0.39 is 0 Å². The number of furan rings is 1. The fraction of sp³-hybridized carbons (Fsp3) is 0.250. The van der Waals surface area contributed by atoms with Gasteiger partial charge in [0.25, 0.3) is 6.71 Å². The number of hydrogen-bond acceptors (Lipinski definition) is 3. The highest BCUT2D eigenvalue weighted by atomic mass is 16.3. The average Bonchev–Trinajstić information content (AvgIpc) is 3.61. The van der Waals surface area contributed by atoms with Crippen molar-refractivity contribution in [3.8, 4) is 11.1 Å². The van der Waals surface area contributed by atoms with E-state index in [1.54, 1.807) is 0 Å². The summed E-state index contributed by atoms with van der Waals surface area (Å²) in [6, 6.07) is 50.5. The van der Waals surface area contributed by atoms with Crippen molar-refractivity contribution in [2.45, 2.75) is 91.4 Å². The third-order valence-electron chi connectivity index (χ3n) is 14.2. The first-order valence-corrected chi connectivity index (χ1v) is 21.8. The smallest absolute Gasteiger partial charge is 0.252 e. The number of hydrogen-bond donors (Lipinski definition) is 0. The largest absolute Gasteiger partial charge is 0.456 e. The van der Waals surface area contributed by atoms with Crippen LogP contribution in [0, 0.1) is 13.8 Å². The van der Waals surface area contributed by atoms with Gasteiger partial charge in [0.15, 0.2) is 0 Å². The van der Waals surface area contributed by atoms with Gasteiger partial charge in [-0.1, -0.05) is 133 Å². The Hall–Kier alpha value is -6.00. The Bertz CT molecular complexity index is 3070. The quantitative estimate of drug-likeness (QED) is 0.167. The molecule has 0 unspecified atom stereocenters. The van der Waals surface area contributed by atoms with Gasteiger partial charge < -0.3 is 14.2 Å². The number of aryl methyl sites for hydroxylation is 2. The number of rotatable bonds is 3. The van der Waals surface area contributed by atoms with Crippen LogP contribution < -0.4 is 26.2 Å². The van der Waals surface area contributed by atoms with Crippen LogP contribution in [0.2, 0.25) is 0 Å². The van der Waals surface area contributed by atoms with Crippen molar-refractivity contribution in [2.24, 2.45) is 0 Å². The summed E-state index contributed by atoms with van der Waals surface area (Å²) in [5, 5.41) is 2.28. The van der Waals surface area contributed by atoms with E-state index in [0.29, 0.717) is 0 Å². The highest BCUT2D eigenvalue weighted by Crippen LogP contribution is 2.52. The molecule has 7 aromatic carbocycles. The van der Waals surface area contributed by atoms with Crippen LogP contribution >= 0.6 is 0 Å². The molecule has 0 radical (unpaired) electrons. The second-order valence-electron chi connectivity index (χ2n) is 20.2. The molecule has 2 aliphatic heterocycles. The summed E-state index contributed by atoms with van der Waals surface area (Å²) < 4.78 is 6.58. The fourth-order valence-corrected chi connectivity index (χ4v) is 10.8. The summed E-state index contributed by atoms with van der Waals surface area (Å²) in [6.45, 7) is 21.4. The Morgan fingerprint density at radius 3 is 1.92 bits per heavy atom. The molecule has 0 spiro atoms. The maximum atomic E-state index is 6.58. The van der Waals surface area contributed by atoms with Crippen molar-refractivity contribution >= 4 is 79.2 Å². The van der Waals surface area contributed by atoms with E-state index in [0.717, 1.165) is 27.6 Å². The summed E-state index contributed by atoms with van der Waals surface area (Å²) in [5.74, 6) is 0. The molecule has 8 aromatic rings. The van der Waals surface area contributed by atoms with Crippen LogP contribution in [0.25, 0.3) is 33.1 Å². The number of anilines is 6. The van der Waals surface area contributed by atoms with Crippen molar-refractivity contribution < 1.29 is 4.42 Å². The molecule has 296 valence electrons. The highest BCUT2D eigenvalue weighted by molar-refractivity contribution is 7.00. The van der Waals surface area contributed by atoms with Crippen LogP contribution in [0.3, 0.4) is 0 Å². The number of benzene rings is 7.